The van der Waals surface area contributed by atoms with E-state index in [0.29, 0.717) is 79.5 Å². The molecule has 3 amide bonds. The van der Waals surface area contributed by atoms with Gasteiger partial charge in [-0.15, -0.1) is 0 Å². The molecule has 11 nitrogen and oxygen atoms in total. The van der Waals surface area contributed by atoms with Gasteiger partial charge in [0.05, 0.1) is 24.1 Å². The number of esters is 1. The number of benzene rings is 1. The molecule has 0 aliphatic carbocycles. The Balaban J connectivity index is 1.42. The van der Waals surface area contributed by atoms with Crippen LogP contribution >= 0.6 is 0 Å². The monoisotopic (exact) mass is 736 g/mol. The Morgan fingerprint density at radius 2 is 1.68 bits per heavy atom. The highest BCUT2D eigenvalue weighted by Gasteiger charge is 2.33. The highest BCUT2D eigenvalue weighted by Crippen LogP contribution is 2.32. The van der Waals surface area contributed by atoms with E-state index in [1.807, 2.05) is 26.8 Å². The van der Waals surface area contributed by atoms with Crippen LogP contribution in [0, 0.1) is 11.8 Å². The summed E-state index contributed by atoms with van der Waals surface area (Å²) in [5.74, 6) is -0.361. The van der Waals surface area contributed by atoms with Gasteiger partial charge in [-0.1, -0.05) is 24.8 Å². The molecule has 0 radical (unpaired) electrons. The van der Waals surface area contributed by atoms with Crippen molar-refractivity contribution < 1.29 is 37.8 Å². The molecule has 2 aliphatic heterocycles. The number of likely N-dealkylation sites (tertiary alicyclic amines) is 2. The molecule has 2 aliphatic rings. The van der Waals surface area contributed by atoms with Crippen LogP contribution in [-0.4, -0.2) is 89.3 Å². The molecule has 12 heteroatoms. The number of piperidine rings is 2. The third-order valence-corrected chi connectivity index (χ3v) is 9.31. The van der Waals surface area contributed by atoms with Crippen LogP contribution in [0.4, 0.5) is 9.18 Å². The third kappa shape index (κ3) is 12.9. The van der Waals surface area contributed by atoms with Crippen LogP contribution in [0.15, 0.2) is 49.2 Å². The molecule has 290 valence electrons. The van der Waals surface area contributed by atoms with Crippen molar-refractivity contribution in [3.63, 3.8) is 0 Å². The molecule has 1 aromatic carbocycles. The lowest BCUT2D eigenvalue weighted by atomic mass is 9.91. The molecule has 2 aromatic rings. The Hall–Kier alpha value is -4.48. The van der Waals surface area contributed by atoms with Crippen molar-refractivity contribution in [2.45, 2.75) is 104 Å². The summed E-state index contributed by atoms with van der Waals surface area (Å²) >= 11 is 0. The maximum absolute atomic E-state index is 14.0. The number of amides is 3. The Morgan fingerprint density at radius 3 is 2.36 bits per heavy atom. The summed E-state index contributed by atoms with van der Waals surface area (Å²) in [5, 5.41) is 3.11. The highest BCUT2D eigenvalue weighted by atomic mass is 19.1. The molecule has 0 spiro atoms. The number of aromatic nitrogens is 1. The zero-order valence-electron chi connectivity index (χ0n) is 32.3. The fourth-order valence-corrected chi connectivity index (χ4v) is 6.73. The first kappa shape index (κ1) is 41.3. The number of hydrogen-bond donors (Lipinski definition) is 1. The molecule has 2 fully saturated rings. The molecule has 0 unspecified atom stereocenters. The van der Waals surface area contributed by atoms with Crippen LogP contribution < -0.4 is 10.1 Å². The largest absolute Gasteiger partial charge is 0.491 e. The summed E-state index contributed by atoms with van der Waals surface area (Å²) in [6, 6.07) is 9.85. The zero-order valence-corrected chi connectivity index (χ0v) is 32.3. The number of pyridine rings is 1. The molecule has 4 rings (SSSR count). The van der Waals surface area contributed by atoms with Gasteiger partial charge in [-0.25, -0.2) is 9.18 Å². The summed E-state index contributed by atoms with van der Waals surface area (Å²) in [5.41, 5.74) is 1.04. The molecular formula is C41H57FN4O7. The number of hydrogen-bond acceptors (Lipinski definition) is 8. The van der Waals surface area contributed by atoms with Crippen molar-refractivity contribution in [3.05, 3.63) is 66.0 Å². The molecule has 53 heavy (non-hydrogen) atoms. The Kier molecular flexibility index (Phi) is 14.4. The Morgan fingerprint density at radius 1 is 0.962 bits per heavy atom. The second kappa shape index (κ2) is 18.5. The molecular weight excluding hydrogens is 679 g/mol. The minimum atomic E-state index is -0.790. The van der Waals surface area contributed by atoms with Gasteiger partial charge >= 0.3 is 12.1 Å². The first-order valence-corrected chi connectivity index (χ1v) is 18.7. The van der Waals surface area contributed by atoms with Gasteiger partial charge in [0.15, 0.2) is 0 Å². The fraction of sp³-hybridized carbons (Fsp3) is 0.585. The molecule has 0 saturated carbocycles. The molecule has 3 heterocycles. The lowest BCUT2D eigenvalue weighted by Gasteiger charge is -2.35. The summed E-state index contributed by atoms with van der Waals surface area (Å²) in [7, 11) is 0. The van der Waals surface area contributed by atoms with Crippen LogP contribution in [0.25, 0.3) is 5.57 Å². The number of nitrogens with zero attached hydrogens (tertiary/aromatic N) is 3. The fourth-order valence-electron chi connectivity index (χ4n) is 6.73. The van der Waals surface area contributed by atoms with E-state index >= 15 is 0 Å². The van der Waals surface area contributed by atoms with Crippen molar-refractivity contribution in [2.75, 3.05) is 39.5 Å². The van der Waals surface area contributed by atoms with Gasteiger partial charge in [-0.05, 0) is 103 Å². The summed E-state index contributed by atoms with van der Waals surface area (Å²) in [4.78, 5) is 61.1. The maximum Gasteiger partial charge on any atom is 0.410 e. The number of alkyl halides is 1. The summed E-state index contributed by atoms with van der Waals surface area (Å²) < 4.78 is 29.4. The zero-order chi connectivity index (χ0) is 38.8. The standard InChI is InChI=1S/C41H57FN4O7/c1-28(30-11-8-13-32(25-30)51-24-19-42)37-33(14-9-20-43-37)34(26-36(48)52-40(2,3)4)44-38(49)31-12-10-21-46(27-31)35(47)16-15-29-17-22-45(23-18-29)39(50)53-41(5,6)7/h8-9,11,13-14,20,25,29,31,34H,1,10,12,15-19,21-24,26-27H2,2-7H3,(H,44,49)/t31-,34+/m1/s1. The molecule has 2 saturated heterocycles. The van der Waals surface area contributed by atoms with E-state index in [9.17, 15) is 23.6 Å². The van der Waals surface area contributed by atoms with E-state index < -0.39 is 35.8 Å². The first-order valence-electron chi connectivity index (χ1n) is 18.7. The van der Waals surface area contributed by atoms with Crippen LogP contribution in [0.2, 0.25) is 0 Å². The first-order chi connectivity index (χ1) is 25.0. The Labute approximate surface area is 313 Å². The van der Waals surface area contributed by atoms with E-state index in [-0.39, 0.29) is 30.9 Å². The number of ether oxygens (including phenoxy) is 3. The van der Waals surface area contributed by atoms with E-state index in [1.165, 1.54) is 0 Å². The minimum absolute atomic E-state index is 0.0194. The van der Waals surface area contributed by atoms with Gasteiger partial charge in [-0.3, -0.25) is 19.4 Å². The van der Waals surface area contributed by atoms with Crippen molar-refractivity contribution in [2.24, 2.45) is 11.8 Å². The van der Waals surface area contributed by atoms with Gasteiger partial charge in [0, 0.05) is 49.9 Å². The number of nitrogens with one attached hydrogen (secondary N) is 1. The van der Waals surface area contributed by atoms with E-state index in [0.717, 1.165) is 19.3 Å². The normalized spacial score (nSPS) is 17.5. The number of halogens is 1. The van der Waals surface area contributed by atoms with Crippen molar-refractivity contribution >= 4 is 29.5 Å². The average molecular weight is 737 g/mol. The molecule has 0 bridgehead atoms. The highest BCUT2D eigenvalue weighted by molar-refractivity contribution is 5.84. The van der Waals surface area contributed by atoms with Gasteiger partial charge in [0.2, 0.25) is 11.8 Å². The molecule has 2 atom stereocenters. The summed E-state index contributed by atoms with van der Waals surface area (Å²) in [6.45, 7) is 16.6. The molecule has 1 aromatic heterocycles. The second-order valence-electron chi connectivity index (χ2n) is 16.0. The quantitative estimate of drug-likeness (QED) is 0.217. The average Bonchev–Trinajstić information content (AvgIpc) is 3.11. The summed E-state index contributed by atoms with van der Waals surface area (Å²) in [6.07, 6.45) is 5.22. The Bertz CT molecular complexity index is 1590. The van der Waals surface area contributed by atoms with Crippen molar-refractivity contribution in [3.8, 4) is 5.75 Å². The van der Waals surface area contributed by atoms with Crippen molar-refractivity contribution in [1.29, 1.82) is 0 Å². The van der Waals surface area contributed by atoms with Crippen LogP contribution in [0.3, 0.4) is 0 Å². The van der Waals surface area contributed by atoms with E-state index in [4.69, 9.17) is 14.2 Å². The van der Waals surface area contributed by atoms with Gasteiger partial charge in [0.1, 0.15) is 30.2 Å². The number of carbonyl (C=O) groups is 4. The third-order valence-electron chi connectivity index (χ3n) is 9.31. The topological polar surface area (TPSA) is 127 Å². The minimum Gasteiger partial charge on any atom is -0.491 e. The smallest absolute Gasteiger partial charge is 0.410 e. The second-order valence-corrected chi connectivity index (χ2v) is 16.0. The molecule has 1 N–H and O–H groups in total. The maximum atomic E-state index is 14.0. The van der Waals surface area contributed by atoms with Gasteiger partial charge in [0.25, 0.3) is 0 Å². The van der Waals surface area contributed by atoms with Crippen LogP contribution in [-0.2, 0) is 23.9 Å². The predicted molar refractivity (Wildman–Crippen MR) is 201 cm³/mol. The van der Waals surface area contributed by atoms with E-state index in [2.05, 4.69) is 16.9 Å². The van der Waals surface area contributed by atoms with Crippen LogP contribution in [0.1, 0.15) is 109 Å². The lowest BCUT2D eigenvalue weighted by molar-refractivity contribution is -0.155. The number of rotatable bonds is 13. The lowest BCUT2D eigenvalue weighted by Crippen LogP contribution is -2.46. The van der Waals surface area contributed by atoms with Gasteiger partial charge in [-0.2, -0.15) is 0 Å². The van der Waals surface area contributed by atoms with E-state index in [1.54, 1.807) is 67.1 Å². The SMILES string of the molecule is C=C(c1cccc(OCCF)c1)c1ncccc1[C@H](CC(=O)OC(C)(C)C)NC(=O)[C@@H]1CCCN(C(=O)CCC2CCN(C(=O)OC(C)(C)C)CC2)C1. The predicted octanol–water partition coefficient (Wildman–Crippen LogP) is 7.05. The van der Waals surface area contributed by atoms with Crippen LogP contribution in [0.5, 0.6) is 5.75 Å². The number of carbonyl (C=O) groups excluding carboxylic acids is 4. The van der Waals surface area contributed by atoms with Crippen molar-refractivity contribution in [1.82, 2.24) is 20.1 Å². The van der Waals surface area contributed by atoms with Gasteiger partial charge < -0.3 is 29.3 Å².